The first kappa shape index (κ1) is 32.2. The smallest absolute Gasteiger partial charge is 0.428 e. The zero-order chi connectivity index (χ0) is 25.1. The molecule has 0 aliphatic heterocycles. The highest BCUT2D eigenvalue weighted by atomic mass is 19.4. The van der Waals surface area contributed by atoms with Crippen molar-refractivity contribution in [2.75, 3.05) is 19.8 Å². The van der Waals surface area contributed by atoms with Crippen LogP contribution in [-0.2, 0) is 14.3 Å². The minimum absolute atomic E-state index is 0.136. The van der Waals surface area contributed by atoms with E-state index in [-0.39, 0.29) is 24.4 Å². The van der Waals surface area contributed by atoms with Gasteiger partial charge in [-0.05, 0) is 38.0 Å². The molecule has 0 rings (SSSR count). The molecule has 0 heterocycles. The van der Waals surface area contributed by atoms with Crippen LogP contribution in [-0.4, -0.2) is 48.9 Å². The van der Waals surface area contributed by atoms with Crippen LogP contribution in [0.5, 0.6) is 0 Å². The Morgan fingerprint density at radius 2 is 1.39 bits per heavy atom. The summed E-state index contributed by atoms with van der Waals surface area (Å²) in [4.78, 5) is 12.5. The lowest BCUT2D eigenvalue weighted by Crippen LogP contribution is -2.60. The predicted molar refractivity (Wildman–Crippen MR) is 107 cm³/mol. The molecule has 0 saturated carbocycles. The highest BCUT2D eigenvalue weighted by molar-refractivity contribution is 5.76. The van der Waals surface area contributed by atoms with Crippen molar-refractivity contribution in [2.24, 2.45) is 10.8 Å². The molecule has 0 spiro atoms. The molecule has 0 aliphatic carbocycles. The lowest BCUT2D eigenvalue weighted by Gasteiger charge is -2.36. The molecule has 0 bridgehead atoms. The summed E-state index contributed by atoms with van der Waals surface area (Å²) >= 11 is 0. The standard InChI is InChI=1S/C19H32F6O4.C2H6/c1-6-16(12-15(3,4)5,14(26)29-7-2)10-8-9-11-28-13-17(27,18(20,21)22)19(23,24)25;1-2/h27H,6-13H2,1-5H3;1-2H3. The van der Waals surface area contributed by atoms with Crippen LogP contribution in [0.25, 0.3) is 0 Å². The Kier molecular flexibility index (Phi) is 13.3. The second kappa shape index (κ2) is 12.9. The quantitative estimate of drug-likeness (QED) is 0.215. The maximum atomic E-state index is 12.6. The number of aliphatic hydroxyl groups is 1. The third-order valence-electron chi connectivity index (χ3n) is 4.70. The molecule has 10 heteroatoms. The number of hydrogen-bond donors (Lipinski definition) is 1. The summed E-state index contributed by atoms with van der Waals surface area (Å²) < 4.78 is 85.3. The van der Waals surface area contributed by atoms with Crippen molar-refractivity contribution < 1.29 is 45.7 Å². The lowest BCUT2D eigenvalue weighted by molar-refractivity contribution is -0.378. The molecule has 1 atom stereocenters. The SMILES string of the molecule is CC.CCOC(=O)C(CC)(CCCCOCC(O)(C(F)(F)F)C(F)(F)F)CC(C)(C)C. The fourth-order valence-electron chi connectivity index (χ4n) is 3.22. The van der Waals surface area contributed by atoms with Gasteiger partial charge in [0.25, 0.3) is 5.60 Å². The van der Waals surface area contributed by atoms with Gasteiger partial charge in [-0.1, -0.05) is 48.0 Å². The molecule has 0 aromatic rings. The molecule has 0 saturated heterocycles. The Balaban J connectivity index is 0. The summed E-state index contributed by atoms with van der Waals surface area (Å²) in [5.41, 5.74) is -5.88. The van der Waals surface area contributed by atoms with E-state index in [1.165, 1.54) is 0 Å². The number of halogens is 6. The van der Waals surface area contributed by atoms with Crippen LogP contribution in [0.1, 0.15) is 80.6 Å². The van der Waals surface area contributed by atoms with Gasteiger partial charge >= 0.3 is 18.3 Å². The molecular weight excluding hydrogens is 430 g/mol. The monoisotopic (exact) mass is 468 g/mol. The van der Waals surface area contributed by atoms with E-state index >= 15 is 0 Å². The first-order chi connectivity index (χ1) is 14.0. The average molecular weight is 469 g/mol. The number of unbranched alkanes of at least 4 members (excludes halogenated alkanes) is 1. The maximum absolute atomic E-state index is 12.6. The number of carbonyl (C=O) groups is 1. The fourth-order valence-corrected chi connectivity index (χ4v) is 3.22. The zero-order valence-corrected chi connectivity index (χ0v) is 19.6. The zero-order valence-electron chi connectivity index (χ0n) is 19.6. The van der Waals surface area contributed by atoms with Gasteiger partial charge in [-0.25, -0.2) is 0 Å². The number of ether oxygens (including phenoxy) is 2. The van der Waals surface area contributed by atoms with Crippen LogP contribution in [0.2, 0.25) is 0 Å². The van der Waals surface area contributed by atoms with Gasteiger partial charge in [-0.2, -0.15) is 26.3 Å². The largest absolute Gasteiger partial charge is 0.466 e. The van der Waals surface area contributed by atoms with Crippen molar-refractivity contribution >= 4 is 5.97 Å². The second-order valence-electron chi connectivity index (χ2n) is 8.46. The Hall–Kier alpha value is -1.03. The van der Waals surface area contributed by atoms with Crippen LogP contribution >= 0.6 is 0 Å². The molecule has 1 unspecified atom stereocenters. The molecule has 0 radical (unpaired) electrons. The summed E-state index contributed by atoms with van der Waals surface area (Å²) in [6.45, 7) is 11.3. The molecule has 0 amide bonds. The van der Waals surface area contributed by atoms with Crippen LogP contribution in [0, 0.1) is 10.8 Å². The van der Waals surface area contributed by atoms with Crippen LogP contribution in [0.3, 0.4) is 0 Å². The second-order valence-corrected chi connectivity index (χ2v) is 8.46. The molecule has 31 heavy (non-hydrogen) atoms. The molecule has 0 aromatic carbocycles. The number of rotatable bonds is 11. The first-order valence-electron chi connectivity index (χ1n) is 10.6. The third kappa shape index (κ3) is 9.97. The van der Waals surface area contributed by atoms with E-state index in [9.17, 15) is 31.1 Å². The van der Waals surface area contributed by atoms with Crippen LogP contribution < -0.4 is 0 Å². The molecule has 188 valence electrons. The van der Waals surface area contributed by atoms with Gasteiger partial charge in [-0.3, -0.25) is 4.79 Å². The predicted octanol–water partition coefficient (Wildman–Crippen LogP) is 6.45. The van der Waals surface area contributed by atoms with E-state index in [4.69, 9.17) is 9.84 Å². The summed E-state index contributed by atoms with van der Waals surface area (Å²) in [7, 11) is 0. The third-order valence-corrected chi connectivity index (χ3v) is 4.70. The molecular formula is C21H38F6O4. The summed E-state index contributed by atoms with van der Waals surface area (Å²) in [5, 5.41) is 9.03. The van der Waals surface area contributed by atoms with Crippen molar-refractivity contribution in [1.82, 2.24) is 0 Å². The highest BCUT2D eigenvalue weighted by Crippen LogP contribution is 2.44. The summed E-state index contributed by atoms with van der Waals surface area (Å²) in [6, 6.07) is 0. The van der Waals surface area contributed by atoms with E-state index in [2.05, 4.69) is 4.74 Å². The average Bonchev–Trinajstić information content (AvgIpc) is 2.62. The molecule has 0 aliphatic rings. The maximum Gasteiger partial charge on any atom is 0.428 e. The Morgan fingerprint density at radius 3 is 1.74 bits per heavy atom. The Labute approximate surface area is 181 Å². The van der Waals surface area contributed by atoms with Crippen LogP contribution in [0.15, 0.2) is 0 Å². The topological polar surface area (TPSA) is 55.8 Å². The van der Waals surface area contributed by atoms with Gasteiger partial charge in [0, 0.05) is 6.61 Å². The van der Waals surface area contributed by atoms with Gasteiger partial charge in [0.2, 0.25) is 0 Å². The first-order valence-corrected chi connectivity index (χ1v) is 10.6. The van der Waals surface area contributed by atoms with Gasteiger partial charge < -0.3 is 14.6 Å². The van der Waals surface area contributed by atoms with Crippen molar-refractivity contribution in [3.05, 3.63) is 0 Å². The fraction of sp³-hybridized carbons (Fsp3) is 0.952. The van der Waals surface area contributed by atoms with Gasteiger partial charge in [0.15, 0.2) is 0 Å². The molecule has 0 fully saturated rings. The van der Waals surface area contributed by atoms with E-state index in [1.54, 1.807) is 6.92 Å². The van der Waals surface area contributed by atoms with E-state index in [0.29, 0.717) is 25.7 Å². The lowest BCUT2D eigenvalue weighted by atomic mass is 9.69. The minimum Gasteiger partial charge on any atom is -0.466 e. The molecule has 1 N–H and O–H groups in total. The van der Waals surface area contributed by atoms with E-state index in [0.717, 1.165) is 0 Å². The number of carbonyl (C=O) groups excluding carboxylic acids is 1. The van der Waals surface area contributed by atoms with Gasteiger partial charge in [-0.15, -0.1) is 0 Å². The van der Waals surface area contributed by atoms with Gasteiger partial charge in [0.1, 0.15) is 0 Å². The van der Waals surface area contributed by atoms with Crippen LogP contribution in [0.4, 0.5) is 26.3 Å². The number of alkyl halides is 6. The van der Waals surface area contributed by atoms with E-state index in [1.807, 2.05) is 41.5 Å². The van der Waals surface area contributed by atoms with Gasteiger partial charge in [0.05, 0.1) is 18.6 Å². The summed E-state index contributed by atoms with van der Waals surface area (Å²) in [6.07, 6.45) is -9.94. The molecule has 4 nitrogen and oxygen atoms in total. The Morgan fingerprint density at radius 1 is 0.903 bits per heavy atom. The summed E-state index contributed by atoms with van der Waals surface area (Å²) in [5.74, 6) is -0.359. The van der Waals surface area contributed by atoms with Crippen molar-refractivity contribution in [3.8, 4) is 0 Å². The number of esters is 1. The van der Waals surface area contributed by atoms with Crippen molar-refractivity contribution in [1.29, 1.82) is 0 Å². The normalized spacial score (nSPS) is 15.0. The van der Waals surface area contributed by atoms with Crippen molar-refractivity contribution in [3.63, 3.8) is 0 Å². The minimum atomic E-state index is -5.90. The number of hydrogen-bond acceptors (Lipinski definition) is 4. The van der Waals surface area contributed by atoms with Crippen molar-refractivity contribution in [2.45, 2.75) is 98.5 Å². The molecule has 0 aromatic heterocycles. The Bertz CT molecular complexity index is 497. The van der Waals surface area contributed by atoms with E-state index < -0.39 is 36.6 Å². The highest BCUT2D eigenvalue weighted by Gasteiger charge is 2.70.